The highest BCUT2D eigenvalue weighted by Crippen LogP contribution is 2.03. The number of nitrogens with one attached hydrogen (secondary N) is 1. The fraction of sp³-hybridized carbons (Fsp3) is 0.286. The van der Waals surface area contributed by atoms with Crippen LogP contribution < -0.4 is 10.1 Å². The van der Waals surface area contributed by atoms with Gasteiger partial charge >= 0.3 is 0 Å². The summed E-state index contributed by atoms with van der Waals surface area (Å²) < 4.78 is 5.49. The van der Waals surface area contributed by atoms with E-state index in [1.165, 1.54) is 5.56 Å². The highest BCUT2D eigenvalue weighted by atomic mass is 16.5. The summed E-state index contributed by atoms with van der Waals surface area (Å²) in [6.07, 6.45) is 6.34. The minimum absolute atomic E-state index is 0.678. The van der Waals surface area contributed by atoms with Crippen LogP contribution in [0.5, 0.6) is 5.88 Å². The van der Waals surface area contributed by atoms with Gasteiger partial charge in [0.25, 0.3) is 0 Å². The summed E-state index contributed by atoms with van der Waals surface area (Å²) in [7, 11) is 0. The zero-order valence-corrected chi connectivity index (χ0v) is 10.2. The van der Waals surface area contributed by atoms with Crippen LogP contribution in [0, 0.1) is 0 Å². The van der Waals surface area contributed by atoms with E-state index in [2.05, 4.69) is 21.4 Å². The highest BCUT2D eigenvalue weighted by molar-refractivity contribution is 5.09. The molecule has 4 heteroatoms. The lowest BCUT2D eigenvalue weighted by atomic mass is 10.3. The van der Waals surface area contributed by atoms with Crippen molar-refractivity contribution in [3.63, 3.8) is 0 Å². The van der Waals surface area contributed by atoms with Gasteiger partial charge in [0.05, 0.1) is 6.61 Å². The molecule has 18 heavy (non-hydrogen) atoms. The molecule has 0 aromatic carbocycles. The number of pyridine rings is 2. The third-order valence-corrected chi connectivity index (χ3v) is 2.44. The molecule has 4 nitrogen and oxygen atoms in total. The number of rotatable bonds is 7. The lowest BCUT2D eigenvalue weighted by Crippen LogP contribution is -2.17. The molecule has 0 saturated heterocycles. The van der Waals surface area contributed by atoms with Crippen LogP contribution in [-0.4, -0.2) is 23.1 Å². The molecule has 2 aromatic heterocycles. The summed E-state index contributed by atoms with van der Waals surface area (Å²) in [6, 6.07) is 9.67. The largest absolute Gasteiger partial charge is 0.478 e. The molecule has 0 radical (unpaired) electrons. The van der Waals surface area contributed by atoms with E-state index in [1.807, 2.05) is 30.5 Å². The summed E-state index contributed by atoms with van der Waals surface area (Å²) in [6.45, 7) is 2.44. The fourth-order valence-electron chi connectivity index (χ4n) is 1.54. The van der Waals surface area contributed by atoms with Gasteiger partial charge in [0, 0.05) is 31.2 Å². The molecule has 0 aliphatic rings. The second-order valence-electron chi connectivity index (χ2n) is 3.91. The minimum atomic E-state index is 0.678. The summed E-state index contributed by atoms with van der Waals surface area (Å²) in [5.41, 5.74) is 1.20. The number of hydrogen-bond donors (Lipinski definition) is 1. The van der Waals surface area contributed by atoms with Gasteiger partial charge in [-0.1, -0.05) is 12.1 Å². The molecule has 1 N–H and O–H groups in total. The predicted octanol–water partition coefficient (Wildman–Crippen LogP) is 2.04. The van der Waals surface area contributed by atoms with Gasteiger partial charge in [-0.2, -0.15) is 0 Å². The van der Waals surface area contributed by atoms with Crippen LogP contribution in [0.1, 0.15) is 12.0 Å². The topological polar surface area (TPSA) is 47.0 Å². The molecule has 0 saturated carbocycles. The number of aromatic nitrogens is 2. The molecule has 0 atom stereocenters. The zero-order chi connectivity index (χ0) is 12.5. The number of hydrogen-bond acceptors (Lipinski definition) is 4. The standard InChI is InChI=1S/C14H17N3O/c1-2-9-17-14(6-1)18-10-4-8-16-12-13-5-3-7-15-11-13/h1-3,5-7,9,11,16H,4,8,10,12H2. The summed E-state index contributed by atoms with van der Waals surface area (Å²) in [4.78, 5) is 8.16. The second-order valence-corrected chi connectivity index (χ2v) is 3.91. The van der Waals surface area contributed by atoms with Gasteiger partial charge < -0.3 is 10.1 Å². The van der Waals surface area contributed by atoms with Gasteiger partial charge in [0.2, 0.25) is 5.88 Å². The van der Waals surface area contributed by atoms with Gasteiger partial charge in [0.15, 0.2) is 0 Å². The Hall–Kier alpha value is -1.94. The normalized spacial score (nSPS) is 10.2. The zero-order valence-electron chi connectivity index (χ0n) is 10.2. The molecule has 0 aliphatic heterocycles. The van der Waals surface area contributed by atoms with E-state index < -0.39 is 0 Å². The molecule has 2 heterocycles. The van der Waals surface area contributed by atoms with Crippen LogP contribution >= 0.6 is 0 Å². The molecular weight excluding hydrogens is 226 g/mol. The Labute approximate surface area is 107 Å². The van der Waals surface area contributed by atoms with Crippen LogP contribution in [0.15, 0.2) is 48.9 Å². The Balaban J connectivity index is 1.54. The van der Waals surface area contributed by atoms with E-state index in [0.717, 1.165) is 19.5 Å². The number of ether oxygens (including phenoxy) is 1. The minimum Gasteiger partial charge on any atom is -0.478 e. The van der Waals surface area contributed by atoms with Crippen LogP contribution in [0.2, 0.25) is 0 Å². The van der Waals surface area contributed by atoms with E-state index in [1.54, 1.807) is 12.4 Å². The Morgan fingerprint density at radius 3 is 2.89 bits per heavy atom. The van der Waals surface area contributed by atoms with Crippen molar-refractivity contribution in [3.8, 4) is 5.88 Å². The third-order valence-electron chi connectivity index (χ3n) is 2.44. The molecule has 0 unspecified atom stereocenters. The van der Waals surface area contributed by atoms with Crippen molar-refractivity contribution in [1.29, 1.82) is 0 Å². The Kier molecular flexibility index (Phi) is 5.14. The molecule has 0 fully saturated rings. The van der Waals surface area contributed by atoms with Crippen molar-refractivity contribution < 1.29 is 4.74 Å². The van der Waals surface area contributed by atoms with Gasteiger partial charge in [0.1, 0.15) is 0 Å². The predicted molar refractivity (Wildman–Crippen MR) is 70.3 cm³/mol. The maximum absolute atomic E-state index is 5.49. The third kappa shape index (κ3) is 4.51. The van der Waals surface area contributed by atoms with Gasteiger partial charge in [-0.25, -0.2) is 4.98 Å². The molecule has 94 valence electrons. The van der Waals surface area contributed by atoms with Crippen LogP contribution in [0.3, 0.4) is 0 Å². The smallest absolute Gasteiger partial charge is 0.213 e. The van der Waals surface area contributed by atoms with Gasteiger partial charge in [-0.3, -0.25) is 4.98 Å². The van der Waals surface area contributed by atoms with Crippen molar-refractivity contribution in [2.75, 3.05) is 13.2 Å². The van der Waals surface area contributed by atoms with E-state index in [9.17, 15) is 0 Å². The molecule has 2 rings (SSSR count). The van der Waals surface area contributed by atoms with E-state index in [0.29, 0.717) is 12.5 Å². The SMILES string of the molecule is c1ccc(OCCCNCc2cccnc2)nc1. The summed E-state index contributed by atoms with van der Waals surface area (Å²) >= 11 is 0. The van der Waals surface area contributed by atoms with Crippen molar-refractivity contribution in [2.45, 2.75) is 13.0 Å². The average Bonchev–Trinajstić information content (AvgIpc) is 2.45. The van der Waals surface area contributed by atoms with Crippen molar-refractivity contribution in [2.24, 2.45) is 0 Å². The van der Waals surface area contributed by atoms with Crippen molar-refractivity contribution in [1.82, 2.24) is 15.3 Å². The van der Waals surface area contributed by atoms with Crippen LogP contribution in [-0.2, 0) is 6.54 Å². The lowest BCUT2D eigenvalue weighted by Gasteiger charge is -2.06. The first kappa shape index (κ1) is 12.5. The number of nitrogens with zero attached hydrogens (tertiary/aromatic N) is 2. The molecule has 0 bridgehead atoms. The molecule has 2 aromatic rings. The Morgan fingerprint density at radius 2 is 2.11 bits per heavy atom. The first-order chi connectivity index (χ1) is 8.95. The Bertz CT molecular complexity index is 390. The quantitative estimate of drug-likeness (QED) is 0.756. The van der Waals surface area contributed by atoms with Crippen molar-refractivity contribution in [3.05, 3.63) is 54.5 Å². The van der Waals surface area contributed by atoms with Crippen LogP contribution in [0.25, 0.3) is 0 Å². The molecular formula is C14H17N3O. The molecule has 0 amide bonds. The maximum Gasteiger partial charge on any atom is 0.213 e. The first-order valence-corrected chi connectivity index (χ1v) is 6.08. The monoisotopic (exact) mass is 243 g/mol. The fourth-order valence-corrected chi connectivity index (χ4v) is 1.54. The first-order valence-electron chi connectivity index (χ1n) is 6.08. The van der Waals surface area contributed by atoms with Crippen molar-refractivity contribution >= 4 is 0 Å². The summed E-state index contributed by atoms with van der Waals surface area (Å²) in [5, 5.41) is 3.35. The average molecular weight is 243 g/mol. The molecule has 0 spiro atoms. The highest BCUT2D eigenvalue weighted by Gasteiger charge is 1.94. The lowest BCUT2D eigenvalue weighted by molar-refractivity contribution is 0.296. The molecule has 0 aliphatic carbocycles. The van der Waals surface area contributed by atoms with Gasteiger partial charge in [-0.05, 0) is 30.7 Å². The van der Waals surface area contributed by atoms with E-state index in [4.69, 9.17) is 4.74 Å². The Morgan fingerprint density at radius 1 is 1.11 bits per heavy atom. The maximum atomic E-state index is 5.49. The van der Waals surface area contributed by atoms with Crippen LogP contribution in [0.4, 0.5) is 0 Å². The second kappa shape index (κ2) is 7.40. The van der Waals surface area contributed by atoms with Gasteiger partial charge in [-0.15, -0.1) is 0 Å². The van der Waals surface area contributed by atoms with E-state index in [-0.39, 0.29) is 0 Å². The van der Waals surface area contributed by atoms with E-state index >= 15 is 0 Å². The summed E-state index contributed by atoms with van der Waals surface area (Å²) in [5.74, 6) is 0.685.